The standard InChI is InChI=1S/C14H21F3N2/c1-11(9-18)13-5-3-12(4-6-13)10-19(2)8-7-14(15,16)17/h3-6,11H,7-10,18H2,1-2H3. The van der Waals surface area contributed by atoms with E-state index in [0.717, 1.165) is 11.1 Å². The van der Waals surface area contributed by atoms with Crippen molar-refractivity contribution in [2.75, 3.05) is 20.1 Å². The maximum Gasteiger partial charge on any atom is 0.390 e. The average molecular weight is 274 g/mol. The molecule has 5 heteroatoms. The summed E-state index contributed by atoms with van der Waals surface area (Å²) in [5.41, 5.74) is 7.76. The van der Waals surface area contributed by atoms with E-state index in [2.05, 4.69) is 0 Å². The Labute approximate surface area is 112 Å². The average Bonchev–Trinajstić information content (AvgIpc) is 2.35. The Morgan fingerprint density at radius 2 is 1.79 bits per heavy atom. The highest BCUT2D eigenvalue weighted by Gasteiger charge is 2.26. The predicted molar refractivity (Wildman–Crippen MR) is 70.9 cm³/mol. The molecule has 1 atom stereocenters. The molecule has 0 aromatic heterocycles. The van der Waals surface area contributed by atoms with Crippen molar-refractivity contribution < 1.29 is 13.2 Å². The summed E-state index contributed by atoms with van der Waals surface area (Å²) in [7, 11) is 1.70. The monoisotopic (exact) mass is 274 g/mol. The number of benzene rings is 1. The molecule has 0 spiro atoms. The number of nitrogens with two attached hydrogens (primary N) is 1. The molecular weight excluding hydrogens is 253 g/mol. The molecule has 2 nitrogen and oxygen atoms in total. The molecule has 0 radical (unpaired) electrons. The Hall–Kier alpha value is -1.07. The van der Waals surface area contributed by atoms with Gasteiger partial charge in [-0.05, 0) is 30.6 Å². The molecule has 0 bridgehead atoms. The van der Waals surface area contributed by atoms with Crippen LogP contribution in [0.15, 0.2) is 24.3 Å². The van der Waals surface area contributed by atoms with Gasteiger partial charge in [0.05, 0.1) is 6.42 Å². The van der Waals surface area contributed by atoms with Crippen LogP contribution in [-0.4, -0.2) is 31.2 Å². The molecular formula is C14H21F3N2. The summed E-state index contributed by atoms with van der Waals surface area (Å²) < 4.78 is 36.3. The summed E-state index contributed by atoms with van der Waals surface area (Å²) in [6.45, 7) is 3.17. The van der Waals surface area contributed by atoms with E-state index in [1.807, 2.05) is 31.2 Å². The van der Waals surface area contributed by atoms with Gasteiger partial charge in [0, 0.05) is 13.1 Å². The van der Waals surface area contributed by atoms with Gasteiger partial charge in [-0.3, -0.25) is 0 Å². The van der Waals surface area contributed by atoms with Crippen molar-refractivity contribution in [1.29, 1.82) is 0 Å². The van der Waals surface area contributed by atoms with Crippen molar-refractivity contribution in [2.24, 2.45) is 5.73 Å². The smallest absolute Gasteiger partial charge is 0.330 e. The van der Waals surface area contributed by atoms with Crippen molar-refractivity contribution in [3.05, 3.63) is 35.4 Å². The predicted octanol–water partition coefficient (Wildman–Crippen LogP) is 3.13. The molecule has 2 N–H and O–H groups in total. The van der Waals surface area contributed by atoms with Crippen molar-refractivity contribution in [3.8, 4) is 0 Å². The first-order chi connectivity index (χ1) is 8.81. The van der Waals surface area contributed by atoms with Crippen LogP contribution >= 0.6 is 0 Å². The van der Waals surface area contributed by atoms with Crippen LogP contribution in [0.3, 0.4) is 0 Å². The summed E-state index contributed by atoms with van der Waals surface area (Å²) in [4.78, 5) is 1.68. The molecule has 1 aromatic carbocycles. The summed E-state index contributed by atoms with van der Waals surface area (Å²) in [6.07, 6.45) is -4.86. The fourth-order valence-electron chi connectivity index (χ4n) is 1.80. The lowest BCUT2D eigenvalue weighted by Crippen LogP contribution is -2.24. The summed E-state index contributed by atoms with van der Waals surface area (Å²) in [5.74, 6) is 0.303. The fourth-order valence-corrected chi connectivity index (χ4v) is 1.80. The first-order valence-corrected chi connectivity index (χ1v) is 6.36. The van der Waals surface area contributed by atoms with Crippen LogP contribution in [0.5, 0.6) is 0 Å². The van der Waals surface area contributed by atoms with Gasteiger partial charge in [-0.25, -0.2) is 0 Å². The third-order valence-corrected chi connectivity index (χ3v) is 3.13. The van der Waals surface area contributed by atoms with Crippen molar-refractivity contribution >= 4 is 0 Å². The molecule has 1 rings (SSSR count). The van der Waals surface area contributed by atoms with Gasteiger partial charge in [0.25, 0.3) is 0 Å². The van der Waals surface area contributed by atoms with E-state index < -0.39 is 12.6 Å². The zero-order chi connectivity index (χ0) is 14.5. The maximum absolute atomic E-state index is 12.1. The van der Waals surface area contributed by atoms with E-state index in [4.69, 9.17) is 5.73 Å². The number of alkyl halides is 3. The zero-order valence-electron chi connectivity index (χ0n) is 11.4. The normalized spacial score (nSPS) is 13.8. The van der Waals surface area contributed by atoms with E-state index in [9.17, 15) is 13.2 Å². The molecule has 0 saturated carbocycles. The van der Waals surface area contributed by atoms with Crippen LogP contribution in [0.1, 0.15) is 30.4 Å². The van der Waals surface area contributed by atoms with Crippen LogP contribution in [0.4, 0.5) is 13.2 Å². The Morgan fingerprint density at radius 1 is 1.21 bits per heavy atom. The molecule has 19 heavy (non-hydrogen) atoms. The second-order valence-electron chi connectivity index (χ2n) is 4.98. The van der Waals surface area contributed by atoms with Crippen LogP contribution < -0.4 is 5.73 Å². The number of rotatable bonds is 6. The van der Waals surface area contributed by atoms with Gasteiger partial charge in [0.2, 0.25) is 0 Å². The van der Waals surface area contributed by atoms with Crippen LogP contribution in [0, 0.1) is 0 Å². The van der Waals surface area contributed by atoms with Gasteiger partial charge in [-0.1, -0.05) is 31.2 Å². The Bertz CT molecular complexity index is 373. The second kappa shape index (κ2) is 6.91. The minimum atomic E-state index is -4.09. The minimum Gasteiger partial charge on any atom is -0.330 e. The molecule has 0 heterocycles. The van der Waals surface area contributed by atoms with Gasteiger partial charge in [0.15, 0.2) is 0 Å². The third kappa shape index (κ3) is 6.07. The highest BCUT2D eigenvalue weighted by molar-refractivity contribution is 5.25. The van der Waals surface area contributed by atoms with Crippen LogP contribution in [-0.2, 0) is 6.54 Å². The zero-order valence-corrected chi connectivity index (χ0v) is 11.4. The molecule has 0 aliphatic rings. The molecule has 0 saturated heterocycles. The molecule has 0 fully saturated rings. The van der Waals surface area contributed by atoms with Gasteiger partial charge < -0.3 is 10.6 Å². The van der Waals surface area contributed by atoms with Crippen LogP contribution in [0.25, 0.3) is 0 Å². The molecule has 0 aliphatic carbocycles. The van der Waals surface area contributed by atoms with E-state index in [1.165, 1.54) is 0 Å². The number of halogens is 3. The van der Waals surface area contributed by atoms with Crippen molar-refractivity contribution in [3.63, 3.8) is 0 Å². The fraction of sp³-hybridized carbons (Fsp3) is 0.571. The first-order valence-electron chi connectivity index (χ1n) is 6.36. The van der Waals surface area contributed by atoms with Gasteiger partial charge in [-0.15, -0.1) is 0 Å². The summed E-state index contributed by atoms with van der Waals surface area (Å²) >= 11 is 0. The van der Waals surface area contributed by atoms with Gasteiger partial charge in [0.1, 0.15) is 0 Å². The van der Waals surface area contributed by atoms with Crippen molar-refractivity contribution in [1.82, 2.24) is 4.90 Å². The first kappa shape index (κ1) is 16.0. The molecule has 1 unspecified atom stereocenters. The number of nitrogens with zero attached hydrogens (tertiary/aromatic N) is 1. The quantitative estimate of drug-likeness (QED) is 0.863. The summed E-state index contributed by atoms with van der Waals surface area (Å²) in [5, 5.41) is 0. The highest BCUT2D eigenvalue weighted by Crippen LogP contribution is 2.20. The van der Waals surface area contributed by atoms with E-state index in [0.29, 0.717) is 19.0 Å². The Morgan fingerprint density at radius 3 is 2.26 bits per heavy atom. The largest absolute Gasteiger partial charge is 0.390 e. The lowest BCUT2D eigenvalue weighted by Gasteiger charge is -2.18. The SMILES string of the molecule is CC(CN)c1ccc(CN(C)CCC(F)(F)F)cc1. The van der Waals surface area contributed by atoms with E-state index in [1.54, 1.807) is 11.9 Å². The van der Waals surface area contributed by atoms with Crippen molar-refractivity contribution in [2.45, 2.75) is 32.0 Å². The third-order valence-electron chi connectivity index (χ3n) is 3.13. The Balaban J connectivity index is 2.49. The molecule has 0 aliphatic heterocycles. The Kier molecular flexibility index (Phi) is 5.82. The number of hydrogen-bond donors (Lipinski definition) is 1. The van der Waals surface area contributed by atoms with E-state index >= 15 is 0 Å². The van der Waals surface area contributed by atoms with Crippen LogP contribution in [0.2, 0.25) is 0 Å². The number of hydrogen-bond acceptors (Lipinski definition) is 2. The molecule has 1 aromatic rings. The van der Waals surface area contributed by atoms with E-state index in [-0.39, 0.29) is 6.54 Å². The van der Waals surface area contributed by atoms with Gasteiger partial charge in [-0.2, -0.15) is 13.2 Å². The lowest BCUT2D eigenvalue weighted by atomic mass is 10.00. The minimum absolute atomic E-state index is 0.0183. The molecule has 108 valence electrons. The topological polar surface area (TPSA) is 29.3 Å². The second-order valence-corrected chi connectivity index (χ2v) is 4.98. The summed E-state index contributed by atoms with van der Waals surface area (Å²) in [6, 6.07) is 7.88. The maximum atomic E-state index is 12.1. The lowest BCUT2D eigenvalue weighted by molar-refractivity contribution is -0.137. The highest BCUT2D eigenvalue weighted by atomic mass is 19.4. The molecule has 0 amide bonds. The van der Waals surface area contributed by atoms with Gasteiger partial charge >= 0.3 is 6.18 Å².